The highest BCUT2D eigenvalue weighted by Crippen LogP contribution is 2.27. The molecule has 0 heterocycles. The number of aryl methyl sites for hydroxylation is 3. The van der Waals surface area contributed by atoms with Crippen LogP contribution < -0.4 is 0 Å². The van der Waals surface area contributed by atoms with E-state index in [0.29, 0.717) is 11.1 Å². The first-order chi connectivity index (χ1) is 15.0. The Balaban J connectivity index is 1.77. The number of carboxylic acid groups (broad SMARTS) is 1. The topological polar surface area (TPSA) is 61.1 Å². The number of carboxylic acids is 1. The molecule has 3 aromatic rings. The first kappa shape index (κ1) is 22.2. The van der Waals surface area contributed by atoms with Gasteiger partial charge in [-0.05, 0) is 71.7 Å². The molecule has 0 bridgehead atoms. The summed E-state index contributed by atoms with van der Waals surface area (Å²) in [6, 6.07) is 19.9. The van der Waals surface area contributed by atoms with Crippen molar-refractivity contribution in [1.82, 2.24) is 0 Å². The maximum absolute atomic E-state index is 14.1. The van der Waals surface area contributed by atoms with Crippen molar-refractivity contribution in [1.29, 1.82) is 5.26 Å². The highest BCUT2D eigenvalue weighted by atomic mass is 19.1. The van der Waals surface area contributed by atoms with Crippen LogP contribution in [-0.4, -0.2) is 11.1 Å². The standard InChI is InChI=1S/C27H26FNO2/c1-2-3-4-5-19-6-8-20(9-7-19)10-11-21-12-15-24(27(30)31)25(16-21)22-13-14-23(18-29)26(28)17-22/h6-9,12-17H,2-5,10-11H2,1H3,(H,30,31). The largest absolute Gasteiger partial charge is 0.478 e. The summed E-state index contributed by atoms with van der Waals surface area (Å²) < 4.78 is 14.1. The SMILES string of the molecule is CCCCCc1ccc(CCc2ccc(C(=O)O)c(-c3ccc(C#N)c(F)c3)c2)cc1. The highest BCUT2D eigenvalue weighted by Gasteiger charge is 2.14. The lowest BCUT2D eigenvalue weighted by Gasteiger charge is -2.11. The van der Waals surface area contributed by atoms with Crippen LogP contribution in [0.15, 0.2) is 60.7 Å². The molecule has 4 heteroatoms. The van der Waals surface area contributed by atoms with Crippen LogP contribution in [0.4, 0.5) is 4.39 Å². The number of aromatic carboxylic acids is 1. The minimum absolute atomic E-state index is 0.0603. The van der Waals surface area contributed by atoms with Gasteiger partial charge in [0.15, 0.2) is 0 Å². The van der Waals surface area contributed by atoms with Crippen LogP contribution in [0.1, 0.15) is 58.8 Å². The molecule has 0 spiro atoms. The molecule has 3 nitrogen and oxygen atoms in total. The second-order valence-corrected chi connectivity index (χ2v) is 7.77. The summed E-state index contributed by atoms with van der Waals surface area (Å²) in [6.07, 6.45) is 6.37. The number of nitrogens with zero attached hydrogens (tertiary/aromatic N) is 1. The predicted octanol–water partition coefficient (Wildman–Crippen LogP) is 6.58. The average molecular weight is 416 g/mol. The van der Waals surface area contributed by atoms with Gasteiger partial charge in [0.25, 0.3) is 0 Å². The molecular weight excluding hydrogens is 389 g/mol. The molecule has 31 heavy (non-hydrogen) atoms. The van der Waals surface area contributed by atoms with Crippen LogP contribution in [0.5, 0.6) is 0 Å². The zero-order valence-corrected chi connectivity index (χ0v) is 17.7. The van der Waals surface area contributed by atoms with Crippen LogP contribution in [0, 0.1) is 17.1 Å². The molecule has 0 aliphatic carbocycles. The van der Waals surface area contributed by atoms with Crippen LogP contribution in [0.2, 0.25) is 0 Å². The smallest absolute Gasteiger partial charge is 0.336 e. The summed E-state index contributed by atoms with van der Waals surface area (Å²) in [5, 5.41) is 18.5. The zero-order chi connectivity index (χ0) is 22.2. The number of halogens is 1. The summed E-state index contributed by atoms with van der Waals surface area (Å²) in [5.74, 6) is -1.72. The summed E-state index contributed by atoms with van der Waals surface area (Å²) in [7, 11) is 0. The van der Waals surface area contributed by atoms with Crippen molar-refractivity contribution in [3.63, 3.8) is 0 Å². The first-order valence-electron chi connectivity index (χ1n) is 10.7. The number of rotatable bonds is 9. The maximum atomic E-state index is 14.1. The zero-order valence-electron chi connectivity index (χ0n) is 17.7. The molecule has 0 atom stereocenters. The Hall–Kier alpha value is -3.45. The Labute approximate surface area is 182 Å². The molecular formula is C27H26FNO2. The number of nitriles is 1. The van der Waals surface area contributed by atoms with Gasteiger partial charge in [0, 0.05) is 0 Å². The van der Waals surface area contributed by atoms with Gasteiger partial charge in [-0.15, -0.1) is 0 Å². The average Bonchev–Trinajstić information content (AvgIpc) is 2.78. The molecule has 0 radical (unpaired) electrons. The van der Waals surface area contributed by atoms with Gasteiger partial charge in [0.2, 0.25) is 0 Å². The van der Waals surface area contributed by atoms with E-state index in [2.05, 4.69) is 31.2 Å². The summed E-state index contributed by atoms with van der Waals surface area (Å²) in [4.78, 5) is 11.7. The van der Waals surface area contributed by atoms with Crippen LogP contribution in [0.3, 0.4) is 0 Å². The number of hydrogen-bond donors (Lipinski definition) is 1. The number of carbonyl (C=O) groups is 1. The van der Waals surface area contributed by atoms with Crippen LogP contribution in [0.25, 0.3) is 11.1 Å². The van der Waals surface area contributed by atoms with Crippen molar-refractivity contribution >= 4 is 5.97 Å². The van der Waals surface area contributed by atoms with E-state index in [1.807, 2.05) is 12.1 Å². The molecule has 0 unspecified atom stereocenters. The van der Waals surface area contributed by atoms with Gasteiger partial charge >= 0.3 is 5.97 Å². The van der Waals surface area contributed by atoms with E-state index in [1.165, 1.54) is 42.5 Å². The summed E-state index contributed by atoms with van der Waals surface area (Å²) in [6.45, 7) is 2.20. The number of hydrogen-bond acceptors (Lipinski definition) is 2. The van der Waals surface area contributed by atoms with E-state index < -0.39 is 11.8 Å². The Morgan fingerprint density at radius 2 is 1.55 bits per heavy atom. The van der Waals surface area contributed by atoms with E-state index in [1.54, 1.807) is 18.2 Å². The van der Waals surface area contributed by atoms with E-state index in [9.17, 15) is 14.3 Å². The summed E-state index contributed by atoms with van der Waals surface area (Å²) in [5.41, 5.74) is 4.53. The van der Waals surface area contributed by atoms with Crippen molar-refractivity contribution < 1.29 is 14.3 Å². The lowest BCUT2D eigenvalue weighted by molar-refractivity contribution is 0.0697. The third-order valence-electron chi connectivity index (χ3n) is 5.51. The molecule has 1 N–H and O–H groups in total. The molecule has 0 aromatic heterocycles. The number of benzene rings is 3. The Kier molecular flexibility index (Phi) is 7.56. The quantitative estimate of drug-likeness (QED) is 0.402. The van der Waals surface area contributed by atoms with Crippen molar-refractivity contribution in [2.75, 3.05) is 0 Å². The van der Waals surface area contributed by atoms with Gasteiger partial charge in [-0.2, -0.15) is 5.26 Å². The fraction of sp³-hybridized carbons (Fsp3) is 0.259. The summed E-state index contributed by atoms with van der Waals surface area (Å²) >= 11 is 0. The lowest BCUT2D eigenvalue weighted by Crippen LogP contribution is -2.02. The second-order valence-electron chi connectivity index (χ2n) is 7.77. The van der Waals surface area contributed by atoms with Gasteiger partial charge in [-0.1, -0.05) is 62.2 Å². The normalized spacial score (nSPS) is 10.6. The van der Waals surface area contributed by atoms with Crippen LogP contribution in [-0.2, 0) is 19.3 Å². The molecule has 0 aliphatic rings. The van der Waals surface area contributed by atoms with E-state index in [4.69, 9.17) is 5.26 Å². The van der Waals surface area contributed by atoms with Crippen LogP contribution >= 0.6 is 0 Å². The van der Waals surface area contributed by atoms with Crippen molar-refractivity contribution in [3.05, 3.63) is 94.3 Å². The Morgan fingerprint density at radius 3 is 2.16 bits per heavy atom. The van der Waals surface area contributed by atoms with Gasteiger partial charge in [-0.25, -0.2) is 9.18 Å². The third-order valence-corrected chi connectivity index (χ3v) is 5.51. The van der Waals surface area contributed by atoms with Gasteiger partial charge < -0.3 is 5.11 Å². The van der Waals surface area contributed by atoms with Crippen molar-refractivity contribution in [2.45, 2.75) is 45.4 Å². The second kappa shape index (κ2) is 10.5. The Bertz CT molecular complexity index is 1100. The molecule has 158 valence electrons. The highest BCUT2D eigenvalue weighted by molar-refractivity contribution is 5.96. The van der Waals surface area contributed by atoms with Crippen molar-refractivity contribution in [3.8, 4) is 17.2 Å². The first-order valence-corrected chi connectivity index (χ1v) is 10.7. The van der Waals surface area contributed by atoms with Gasteiger partial charge in [0.1, 0.15) is 11.9 Å². The molecule has 0 amide bonds. The molecule has 3 rings (SSSR count). The van der Waals surface area contributed by atoms with Gasteiger partial charge in [-0.3, -0.25) is 0 Å². The van der Waals surface area contributed by atoms with Crippen molar-refractivity contribution in [2.24, 2.45) is 0 Å². The van der Waals surface area contributed by atoms with Gasteiger partial charge in [0.05, 0.1) is 11.1 Å². The maximum Gasteiger partial charge on any atom is 0.336 e. The fourth-order valence-electron chi connectivity index (χ4n) is 3.69. The minimum Gasteiger partial charge on any atom is -0.478 e. The number of unbranched alkanes of at least 4 members (excludes halogenated alkanes) is 2. The van der Waals surface area contributed by atoms with E-state index >= 15 is 0 Å². The van der Waals surface area contributed by atoms with E-state index in [0.717, 1.165) is 24.8 Å². The molecule has 3 aromatic carbocycles. The minimum atomic E-state index is -1.06. The predicted molar refractivity (Wildman–Crippen MR) is 121 cm³/mol. The Morgan fingerprint density at radius 1 is 0.903 bits per heavy atom. The molecule has 0 saturated heterocycles. The monoisotopic (exact) mass is 415 g/mol. The molecule has 0 fully saturated rings. The molecule has 0 aliphatic heterocycles. The lowest BCUT2D eigenvalue weighted by atomic mass is 9.94. The fourth-order valence-corrected chi connectivity index (χ4v) is 3.69. The third kappa shape index (κ3) is 5.79. The van der Waals surface area contributed by atoms with E-state index in [-0.39, 0.29) is 11.1 Å². The molecule has 0 saturated carbocycles.